The van der Waals surface area contributed by atoms with Gasteiger partial charge in [-0.1, -0.05) is 70.2 Å². The summed E-state index contributed by atoms with van der Waals surface area (Å²) in [5, 5.41) is 2.92. The van der Waals surface area contributed by atoms with Crippen LogP contribution in [0.2, 0.25) is 0 Å². The topological polar surface area (TPSA) is 58.6 Å². The number of benzene rings is 2. The fourth-order valence-electron chi connectivity index (χ4n) is 2.99. The highest BCUT2D eigenvalue weighted by Gasteiger charge is 2.26. The highest BCUT2D eigenvalue weighted by molar-refractivity contribution is 5.87. The van der Waals surface area contributed by atoms with E-state index in [1.807, 2.05) is 68.4 Å². The Balaban J connectivity index is 2.07. The Kier molecular flexibility index (Phi) is 8.90. The van der Waals surface area contributed by atoms with Gasteiger partial charge in [-0.05, 0) is 42.0 Å². The van der Waals surface area contributed by atoms with Crippen molar-refractivity contribution in [3.8, 4) is 5.75 Å². The number of ether oxygens (including phenoxy) is 1. The van der Waals surface area contributed by atoms with Crippen LogP contribution in [-0.2, 0) is 16.1 Å². The van der Waals surface area contributed by atoms with Crippen molar-refractivity contribution in [3.05, 3.63) is 65.7 Å². The average Bonchev–Trinajstić information content (AvgIpc) is 2.74. The molecule has 0 heterocycles. The van der Waals surface area contributed by atoms with E-state index >= 15 is 0 Å². The number of rotatable bonds is 10. The summed E-state index contributed by atoms with van der Waals surface area (Å²) in [7, 11) is 0. The Morgan fingerprint density at radius 2 is 1.57 bits per heavy atom. The first-order chi connectivity index (χ1) is 14.3. The molecule has 0 saturated heterocycles. The predicted octanol–water partition coefficient (Wildman–Crippen LogP) is 4.38. The maximum absolute atomic E-state index is 13.0. The third-order valence-electron chi connectivity index (χ3n) is 4.96. The molecule has 1 N–H and O–H groups in total. The lowest BCUT2D eigenvalue weighted by molar-refractivity contribution is -0.142. The van der Waals surface area contributed by atoms with Gasteiger partial charge in [-0.3, -0.25) is 9.59 Å². The molecule has 5 heteroatoms. The number of hydrogen-bond donors (Lipinski definition) is 1. The molecule has 1 atom stereocenters. The van der Waals surface area contributed by atoms with Gasteiger partial charge >= 0.3 is 0 Å². The van der Waals surface area contributed by atoms with E-state index in [4.69, 9.17) is 4.74 Å². The molecule has 0 radical (unpaired) electrons. The number of nitrogens with zero attached hydrogens (tertiary/aromatic N) is 1. The Morgan fingerprint density at radius 3 is 2.13 bits per heavy atom. The normalized spacial score (nSPS) is 12.0. The summed E-state index contributed by atoms with van der Waals surface area (Å²) in [6.45, 7) is 10.9. The molecule has 1 unspecified atom stereocenters. The number of amides is 2. The van der Waals surface area contributed by atoms with E-state index in [-0.39, 0.29) is 18.4 Å². The van der Waals surface area contributed by atoms with E-state index in [0.29, 0.717) is 30.7 Å². The Labute approximate surface area is 180 Å². The van der Waals surface area contributed by atoms with Crippen LogP contribution in [0.15, 0.2) is 54.6 Å². The fourth-order valence-corrected chi connectivity index (χ4v) is 2.99. The van der Waals surface area contributed by atoms with Crippen molar-refractivity contribution in [2.45, 2.75) is 53.1 Å². The quantitative estimate of drug-likeness (QED) is 0.632. The Morgan fingerprint density at radius 1 is 0.933 bits per heavy atom. The summed E-state index contributed by atoms with van der Waals surface area (Å²) in [4.78, 5) is 27.2. The van der Waals surface area contributed by atoms with Crippen LogP contribution >= 0.6 is 0 Å². The van der Waals surface area contributed by atoms with E-state index in [1.165, 1.54) is 5.56 Å². The molecule has 2 rings (SSSR count). The lowest BCUT2D eigenvalue weighted by Crippen LogP contribution is -2.49. The molecule has 0 aliphatic carbocycles. The van der Waals surface area contributed by atoms with Crippen LogP contribution in [0.4, 0.5) is 0 Å². The number of carbonyl (C=O) groups excluding carboxylic acids is 2. The van der Waals surface area contributed by atoms with Gasteiger partial charge in [0.2, 0.25) is 5.91 Å². The molecule has 30 heavy (non-hydrogen) atoms. The highest BCUT2D eigenvalue weighted by Crippen LogP contribution is 2.19. The summed E-state index contributed by atoms with van der Waals surface area (Å²) >= 11 is 0. The molecule has 2 amide bonds. The smallest absolute Gasteiger partial charge is 0.261 e. The van der Waals surface area contributed by atoms with Gasteiger partial charge in [0.15, 0.2) is 6.61 Å². The second-order valence-electron chi connectivity index (χ2n) is 8.33. The predicted molar refractivity (Wildman–Crippen MR) is 120 cm³/mol. The average molecular weight is 411 g/mol. The molecular formula is C25H34N2O3. The van der Waals surface area contributed by atoms with Gasteiger partial charge in [0, 0.05) is 13.1 Å². The van der Waals surface area contributed by atoms with Gasteiger partial charge in [0.1, 0.15) is 11.8 Å². The zero-order chi connectivity index (χ0) is 22.1. The molecule has 0 saturated carbocycles. The van der Waals surface area contributed by atoms with E-state index in [9.17, 15) is 9.59 Å². The summed E-state index contributed by atoms with van der Waals surface area (Å²) in [5.74, 6) is 1.04. The summed E-state index contributed by atoms with van der Waals surface area (Å²) < 4.78 is 5.73. The van der Waals surface area contributed by atoms with Crippen LogP contribution in [0.25, 0.3) is 0 Å². The standard InChI is InChI=1S/C25H34N2O3/c1-18(2)15-26-25(29)20(5)27(16-21-9-7-6-8-10-21)24(28)17-30-23-13-11-22(12-14-23)19(3)4/h6-14,18-20H,15-17H2,1-5H3,(H,26,29). The van der Waals surface area contributed by atoms with E-state index in [2.05, 4.69) is 19.2 Å². The molecule has 0 fully saturated rings. The van der Waals surface area contributed by atoms with Crippen molar-refractivity contribution in [1.82, 2.24) is 10.2 Å². The summed E-state index contributed by atoms with van der Waals surface area (Å²) in [5.41, 5.74) is 2.19. The molecule has 0 aliphatic rings. The molecule has 2 aromatic rings. The fraction of sp³-hybridized carbons (Fsp3) is 0.440. The second-order valence-corrected chi connectivity index (χ2v) is 8.33. The van der Waals surface area contributed by atoms with Gasteiger partial charge in [-0.15, -0.1) is 0 Å². The molecule has 2 aromatic carbocycles. The monoisotopic (exact) mass is 410 g/mol. The Bertz CT molecular complexity index is 801. The van der Waals surface area contributed by atoms with Crippen molar-refractivity contribution in [2.24, 2.45) is 5.92 Å². The van der Waals surface area contributed by atoms with Gasteiger partial charge in [-0.2, -0.15) is 0 Å². The van der Waals surface area contributed by atoms with Crippen LogP contribution in [0, 0.1) is 5.92 Å². The van der Waals surface area contributed by atoms with Crippen molar-refractivity contribution in [2.75, 3.05) is 13.2 Å². The van der Waals surface area contributed by atoms with Gasteiger partial charge in [-0.25, -0.2) is 0 Å². The third-order valence-corrected chi connectivity index (χ3v) is 4.96. The lowest BCUT2D eigenvalue weighted by Gasteiger charge is -2.29. The first-order valence-electron chi connectivity index (χ1n) is 10.6. The zero-order valence-corrected chi connectivity index (χ0v) is 18.7. The van der Waals surface area contributed by atoms with Crippen LogP contribution < -0.4 is 10.1 Å². The highest BCUT2D eigenvalue weighted by atomic mass is 16.5. The van der Waals surface area contributed by atoms with Gasteiger partial charge in [0.05, 0.1) is 0 Å². The molecule has 5 nitrogen and oxygen atoms in total. The number of hydrogen-bond acceptors (Lipinski definition) is 3. The van der Waals surface area contributed by atoms with Crippen molar-refractivity contribution in [1.29, 1.82) is 0 Å². The first-order valence-corrected chi connectivity index (χ1v) is 10.6. The third kappa shape index (κ3) is 7.21. The van der Waals surface area contributed by atoms with Crippen LogP contribution in [0.5, 0.6) is 5.75 Å². The second kappa shape index (κ2) is 11.4. The minimum atomic E-state index is -0.594. The summed E-state index contributed by atoms with van der Waals surface area (Å²) in [6.07, 6.45) is 0. The minimum Gasteiger partial charge on any atom is -0.484 e. The van der Waals surface area contributed by atoms with Crippen molar-refractivity contribution < 1.29 is 14.3 Å². The van der Waals surface area contributed by atoms with E-state index in [1.54, 1.807) is 11.8 Å². The minimum absolute atomic E-state index is 0.115. The van der Waals surface area contributed by atoms with Crippen LogP contribution in [0.1, 0.15) is 51.7 Å². The number of carbonyl (C=O) groups is 2. The van der Waals surface area contributed by atoms with E-state index in [0.717, 1.165) is 5.56 Å². The molecule has 0 aromatic heterocycles. The zero-order valence-electron chi connectivity index (χ0n) is 18.7. The van der Waals surface area contributed by atoms with Crippen LogP contribution in [0.3, 0.4) is 0 Å². The van der Waals surface area contributed by atoms with Crippen molar-refractivity contribution >= 4 is 11.8 Å². The Hall–Kier alpha value is -2.82. The molecule has 0 bridgehead atoms. The molecule has 0 aliphatic heterocycles. The van der Waals surface area contributed by atoms with Crippen LogP contribution in [-0.4, -0.2) is 35.9 Å². The van der Waals surface area contributed by atoms with Gasteiger partial charge in [0.25, 0.3) is 5.91 Å². The molecule has 0 spiro atoms. The molecular weight excluding hydrogens is 376 g/mol. The number of nitrogens with one attached hydrogen (secondary N) is 1. The van der Waals surface area contributed by atoms with E-state index < -0.39 is 6.04 Å². The van der Waals surface area contributed by atoms with Crippen molar-refractivity contribution in [3.63, 3.8) is 0 Å². The van der Waals surface area contributed by atoms with Gasteiger partial charge < -0.3 is 15.0 Å². The maximum Gasteiger partial charge on any atom is 0.261 e. The first kappa shape index (κ1) is 23.5. The largest absolute Gasteiger partial charge is 0.484 e. The summed E-state index contributed by atoms with van der Waals surface area (Å²) in [6, 6.07) is 16.9. The SMILES string of the molecule is CC(C)CNC(=O)C(C)N(Cc1ccccc1)C(=O)COc1ccc(C(C)C)cc1. The lowest BCUT2D eigenvalue weighted by atomic mass is 10.0. The molecule has 162 valence electrons. The maximum atomic E-state index is 13.0.